The molecule has 0 saturated heterocycles. The molecule has 2 amide bonds. The number of aromatic nitrogens is 2. The quantitative estimate of drug-likeness (QED) is 0.571. The molecule has 0 saturated carbocycles. The van der Waals surface area contributed by atoms with Crippen LogP contribution in [0.2, 0.25) is 0 Å². The Labute approximate surface area is 161 Å². The van der Waals surface area contributed by atoms with Crippen LogP contribution in [0.1, 0.15) is 40.2 Å². The van der Waals surface area contributed by atoms with Gasteiger partial charge in [0.1, 0.15) is 24.4 Å². The second kappa shape index (κ2) is 8.72. The molecule has 28 heavy (non-hydrogen) atoms. The average Bonchev–Trinajstić information content (AvgIpc) is 2.50. The summed E-state index contributed by atoms with van der Waals surface area (Å²) in [7, 11) is 0. The van der Waals surface area contributed by atoms with Gasteiger partial charge in [0.25, 0.3) is 5.56 Å². The lowest BCUT2D eigenvalue weighted by Crippen LogP contribution is -2.56. The van der Waals surface area contributed by atoms with Gasteiger partial charge in [0, 0.05) is 11.8 Å². The molecule has 0 radical (unpaired) electrons. The van der Waals surface area contributed by atoms with E-state index in [2.05, 4.69) is 10.3 Å². The molecule has 0 aliphatic rings. The van der Waals surface area contributed by atoms with Gasteiger partial charge in [0.05, 0.1) is 0 Å². The molecule has 2 atom stereocenters. The van der Waals surface area contributed by atoms with Gasteiger partial charge in [-0.2, -0.15) is 0 Å². The molecule has 11 heteroatoms. The summed E-state index contributed by atoms with van der Waals surface area (Å²) in [6, 6.07) is -1.29. The molecule has 0 fully saturated rings. The first-order valence-electron chi connectivity index (χ1n) is 8.56. The van der Waals surface area contributed by atoms with Gasteiger partial charge in [0.15, 0.2) is 0 Å². The first-order chi connectivity index (χ1) is 12.7. The van der Waals surface area contributed by atoms with E-state index in [9.17, 15) is 29.1 Å². The van der Waals surface area contributed by atoms with Gasteiger partial charge in [0.2, 0.25) is 5.91 Å². The molecule has 0 aliphatic heterocycles. The van der Waals surface area contributed by atoms with Crippen molar-refractivity contribution in [3.8, 4) is 0 Å². The topological polar surface area (TPSA) is 151 Å². The number of rotatable bonds is 6. The number of alkyl carbamates (subject to hydrolysis) is 1. The third kappa shape index (κ3) is 6.25. The number of nitrogens with zero attached hydrogens (tertiary/aromatic N) is 2. The lowest BCUT2D eigenvalue weighted by Gasteiger charge is -2.33. The van der Waals surface area contributed by atoms with Crippen molar-refractivity contribution >= 4 is 18.0 Å². The van der Waals surface area contributed by atoms with Crippen LogP contribution in [0.25, 0.3) is 0 Å². The Balaban J connectivity index is 3.10. The maximum Gasteiger partial charge on any atom is 0.409 e. The molecule has 156 valence electrons. The highest BCUT2D eigenvalue weighted by atomic mass is 16.6. The van der Waals surface area contributed by atoms with Crippen molar-refractivity contribution in [2.45, 2.75) is 65.9 Å². The van der Waals surface area contributed by atoms with E-state index in [0.717, 1.165) is 9.47 Å². The molecule has 0 aliphatic carbocycles. The third-order valence-corrected chi connectivity index (χ3v) is 3.70. The van der Waals surface area contributed by atoms with Crippen LogP contribution in [0.3, 0.4) is 0 Å². The van der Waals surface area contributed by atoms with E-state index in [1.807, 2.05) is 0 Å². The van der Waals surface area contributed by atoms with Crippen LogP contribution in [-0.4, -0.2) is 55.3 Å². The van der Waals surface area contributed by atoms with Crippen LogP contribution in [0, 0.1) is 6.92 Å². The number of nitrogens with one attached hydrogen (secondary N) is 2. The Kier molecular flexibility index (Phi) is 7.14. The Morgan fingerprint density at radius 3 is 2.36 bits per heavy atom. The van der Waals surface area contributed by atoms with Gasteiger partial charge in [-0.05, 0) is 41.5 Å². The van der Waals surface area contributed by atoms with Crippen LogP contribution in [0.5, 0.6) is 0 Å². The zero-order chi connectivity index (χ0) is 21.8. The van der Waals surface area contributed by atoms with Gasteiger partial charge < -0.3 is 20.1 Å². The monoisotopic (exact) mass is 398 g/mol. The summed E-state index contributed by atoms with van der Waals surface area (Å²) in [5.74, 6) is -2.04. The van der Waals surface area contributed by atoms with Crippen LogP contribution in [0.15, 0.2) is 15.8 Å². The average molecular weight is 398 g/mol. The third-order valence-electron chi connectivity index (χ3n) is 3.70. The minimum absolute atomic E-state index is 0.213. The van der Waals surface area contributed by atoms with Gasteiger partial charge >= 0.3 is 17.8 Å². The van der Waals surface area contributed by atoms with Crippen molar-refractivity contribution < 1.29 is 24.2 Å². The maximum absolute atomic E-state index is 12.7. The Morgan fingerprint density at radius 1 is 1.29 bits per heavy atom. The second-order valence-electron chi connectivity index (χ2n) is 7.34. The molecule has 1 aromatic heterocycles. The van der Waals surface area contributed by atoms with Crippen molar-refractivity contribution in [2.75, 3.05) is 0 Å². The first kappa shape index (κ1) is 22.9. The number of aliphatic carboxylic acids is 1. The van der Waals surface area contributed by atoms with Crippen molar-refractivity contribution in [1.29, 1.82) is 0 Å². The molecule has 0 spiro atoms. The Morgan fingerprint density at radius 2 is 1.86 bits per heavy atom. The number of carboxylic acids is 1. The number of H-pyrrole nitrogens is 1. The van der Waals surface area contributed by atoms with Crippen LogP contribution in [-0.2, 0) is 20.9 Å². The van der Waals surface area contributed by atoms with E-state index in [0.29, 0.717) is 0 Å². The summed E-state index contributed by atoms with van der Waals surface area (Å²) in [6.45, 7) is 8.61. The van der Waals surface area contributed by atoms with Crippen molar-refractivity contribution in [3.63, 3.8) is 0 Å². The molecule has 1 rings (SSSR count). The minimum Gasteiger partial charge on any atom is -0.480 e. The number of hydrogen-bond acceptors (Lipinski definition) is 6. The SMILES string of the molecule is Cc1cn(CC(=O)N(C(C)NC(=O)OC(C)(C)C)C(C)C(=O)O)c(=O)[nH]c1=O. The van der Waals surface area contributed by atoms with E-state index >= 15 is 0 Å². The fourth-order valence-electron chi connectivity index (χ4n) is 2.40. The normalized spacial score (nSPS) is 13.4. The molecule has 0 bridgehead atoms. The van der Waals surface area contributed by atoms with E-state index in [-0.39, 0.29) is 5.56 Å². The summed E-state index contributed by atoms with van der Waals surface area (Å²) in [6.07, 6.45) is -0.658. The number of carbonyl (C=O) groups excluding carboxylic acids is 2. The van der Waals surface area contributed by atoms with Gasteiger partial charge in [-0.15, -0.1) is 0 Å². The zero-order valence-corrected chi connectivity index (χ0v) is 16.7. The predicted octanol–water partition coefficient (Wildman–Crippen LogP) is 0.0174. The first-order valence-corrected chi connectivity index (χ1v) is 8.56. The number of amides is 2. The molecular formula is C17H26N4O7. The van der Waals surface area contributed by atoms with Gasteiger partial charge in [-0.25, -0.2) is 14.4 Å². The Hall–Kier alpha value is -3.11. The molecule has 11 nitrogen and oxygen atoms in total. The number of ether oxygens (including phenoxy) is 1. The van der Waals surface area contributed by atoms with E-state index in [1.165, 1.54) is 27.0 Å². The molecule has 2 unspecified atom stereocenters. The minimum atomic E-state index is -1.30. The van der Waals surface area contributed by atoms with Gasteiger partial charge in [-0.3, -0.25) is 19.1 Å². The van der Waals surface area contributed by atoms with Crippen LogP contribution >= 0.6 is 0 Å². The molecule has 1 heterocycles. The number of carboxylic acid groups (broad SMARTS) is 1. The summed E-state index contributed by atoms with van der Waals surface area (Å²) < 4.78 is 6.07. The van der Waals surface area contributed by atoms with E-state index in [1.54, 1.807) is 20.8 Å². The van der Waals surface area contributed by atoms with Crippen LogP contribution in [0.4, 0.5) is 4.79 Å². The lowest BCUT2D eigenvalue weighted by molar-refractivity contribution is -0.152. The highest BCUT2D eigenvalue weighted by Crippen LogP contribution is 2.10. The smallest absolute Gasteiger partial charge is 0.409 e. The number of carbonyl (C=O) groups is 3. The number of aromatic amines is 1. The fourth-order valence-corrected chi connectivity index (χ4v) is 2.40. The molecule has 0 aromatic carbocycles. The summed E-state index contributed by atoms with van der Waals surface area (Å²) >= 11 is 0. The highest BCUT2D eigenvalue weighted by molar-refractivity contribution is 5.84. The highest BCUT2D eigenvalue weighted by Gasteiger charge is 2.32. The lowest BCUT2D eigenvalue weighted by atomic mass is 10.2. The summed E-state index contributed by atoms with van der Waals surface area (Å²) in [5, 5.41) is 11.7. The van der Waals surface area contributed by atoms with Crippen molar-refractivity contribution in [2.24, 2.45) is 0 Å². The largest absolute Gasteiger partial charge is 0.480 e. The molecule has 1 aromatic rings. The Bertz CT molecular complexity index is 865. The summed E-state index contributed by atoms with van der Waals surface area (Å²) in [5.41, 5.74) is -1.95. The predicted molar refractivity (Wildman–Crippen MR) is 98.8 cm³/mol. The van der Waals surface area contributed by atoms with Crippen LogP contribution < -0.4 is 16.6 Å². The standard InChI is InChI=1S/C17H26N4O7/c1-9-7-20(15(26)19-13(9)23)8-12(22)21(10(2)14(24)25)11(3)18-16(27)28-17(4,5)6/h7,10-11H,8H2,1-6H3,(H,18,27)(H,24,25)(H,19,23,26). The molecular weight excluding hydrogens is 372 g/mol. The number of hydrogen-bond donors (Lipinski definition) is 3. The number of aryl methyl sites for hydroxylation is 1. The fraction of sp³-hybridized carbons (Fsp3) is 0.588. The van der Waals surface area contributed by atoms with E-state index in [4.69, 9.17) is 4.74 Å². The van der Waals surface area contributed by atoms with E-state index < -0.39 is 53.6 Å². The van der Waals surface area contributed by atoms with Gasteiger partial charge in [-0.1, -0.05) is 0 Å². The summed E-state index contributed by atoms with van der Waals surface area (Å²) in [4.78, 5) is 62.5. The zero-order valence-electron chi connectivity index (χ0n) is 16.7. The van der Waals surface area contributed by atoms with Crippen molar-refractivity contribution in [3.05, 3.63) is 32.6 Å². The second-order valence-corrected chi connectivity index (χ2v) is 7.34. The maximum atomic E-state index is 12.7. The molecule has 3 N–H and O–H groups in total. The van der Waals surface area contributed by atoms with Crippen molar-refractivity contribution in [1.82, 2.24) is 19.8 Å².